The van der Waals surface area contributed by atoms with E-state index in [0.717, 1.165) is 18.7 Å². The van der Waals surface area contributed by atoms with Gasteiger partial charge in [0, 0.05) is 45.8 Å². The van der Waals surface area contributed by atoms with E-state index in [9.17, 15) is 14.0 Å². The molecule has 154 valence electrons. The fourth-order valence-corrected chi connectivity index (χ4v) is 3.94. The molecule has 0 aromatic heterocycles. The largest absolute Gasteiger partial charge is 0.342 e. The number of nitrogens with one attached hydrogen (secondary N) is 2. The van der Waals surface area contributed by atoms with E-state index in [0.29, 0.717) is 39.3 Å². The number of carbonyl (C=O) groups is 2. The van der Waals surface area contributed by atoms with E-state index < -0.39 is 0 Å². The summed E-state index contributed by atoms with van der Waals surface area (Å²) in [5, 5.41) is 0. The molecule has 0 aliphatic carbocycles. The summed E-state index contributed by atoms with van der Waals surface area (Å²) in [6, 6.07) is 6.11. The molecule has 8 heteroatoms. The van der Waals surface area contributed by atoms with Crippen LogP contribution in [0.3, 0.4) is 0 Å². The Morgan fingerprint density at radius 1 is 1.11 bits per heavy atom. The second kappa shape index (κ2) is 9.45. The van der Waals surface area contributed by atoms with Crippen molar-refractivity contribution in [2.75, 3.05) is 52.4 Å². The van der Waals surface area contributed by atoms with Gasteiger partial charge in [-0.1, -0.05) is 12.1 Å². The maximum atomic E-state index is 13.2. The predicted molar refractivity (Wildman–Crippen MR) is 105 cm³/mol. The number of carbonyl (C=O) groups excluding carboxylic acids is 2. The fraction of sp³-hybridized carbons (Fsp3) is 0.600. The van der Waals surface area contributed by atoms with E-state index in [1.165, 1.54) is 12.1 Å². The molecule has 7 nitrogen and oxygen atoms in total. The van der Waals surface area contributed by atoms with Gasteiger partial charge in [-0.15, -0.1) is 0 Å². The molecule has 28 heavy (non-hydrogen) atoms. The minimum Gasteiger partial charge on any atom is -0.342 e. The molecule has 2 heterocycles. The third-order valence-corrected chi connectivity index (χ3v) is 5.69. The molecule has 2 atom stereocenters. The zero-order valence-electron chi connectivity index (χ0n) is 16.7. The summed E-state index contributed by atoms with van der Waals surface area (Å²) in [5.41, 5.74) is 7.10. The normalized spacial score (nSPS) is 23.0. The Labute approximate surface area is 165 Å². The first kappa shape index (κ1) is 20.7. The molecule has 1 aromatic rings. The Kier molecular flexibility index (Phi) is 6.98. The second-order valence-corrected chi connectivity index (χ2v) is 7.33. The highest BCUT2D eigenvalue weighted by Crippen LogP contribution is 2.27. The average molecular weight is 391 g/mol. The number of rotatable bonds is 6. The van der Waals surface area contributed by atoms with Gasteiger partial charge in [0.05, 0.1) is 18.5 Å². The Balaban J connectivity index is 1.54. The molecule has 2 fully saturated rings. The van der Waals surface area contributed by atoms with Crippen molar-refractivity contribution < 1.29 is 14.0 Å². The minimum atomic E-state index is -0.284. The fourth-order valence-electron chi connectivity index (χ4n) is 3.94. The predicted octanol–water partition coefficient (Wildman–Crippen LogP) is 0.603. The molecule has 0 spiro atoms. The lowest BCUT2D eigenvalue weighted by atomic mass is 9.93. The number of benzene rings is 1. The molecule has 0 saturated carbocycles. The molecule has 2 N–H and O–H groups in total. The van der Waals surface area contributed by atoms with Crippen LogP contribution in [-0.4, -0.2) is 78.9 Å². The van der Waals surface area contributed by atoms with Gasteiger partial charge in [-0.3, -0.25) is 19.9 Å². The number of likely N-dealkylation sites (N-methyl/N-ethyl adjacent to an activating group) is 1. The summed E-state index contributed by atoms with van der Waals surface area (Å²) in [6.07, 6.45) is 0. The van der Waals surface area contributed by atoms with Crippen LogP contribution in [0.15, 0.2) is 24.3 Å². The van der Waals surface area contributed by atoms with Crippen molar-refractivity contribution in [2.45, 2.75) is 19.9 Å². The van der Waals surface area contributed by atoms with E-state index in [-0.39, 0.29) is 29.6 Å². The van der Waals surface area contributed by atoms with Crippen molar-refractivity contribution in [3.8, 4) is 0 Å². The van der Waals surface area contributed by atoms with Crippen molar-refractivity contribution in [1.82, 2.24) is 25.6 Å². The summed E-state index contributed by atoms with van der Waals surface area (Å²) in [7, 11) is 0. The van der Waals surface area contributed by atoms with Crippen molar-refractivity contribution >= 4 is 11.8 Å². The average Bonchev–Trinajstić information content (AvgIpc) is 3.19. The maximum absolute atomic E-state index is 13.2. The van der Waals surface area contributed by atoms with Crippen LogP contribution in [0.4, 0.5) is 4.39 Å². The zero-order valence-corrected chi connectivity index (χ0v) is 16.7. The second-order valence-electron chi connectivity index (χ2n) is 7.33. The topological polar surface area (TPSA) is 67.9 Å². The highest BCUT2D eigenvalue weighted by Gasteiger charge is 2.37. The lowest BCUT2D eigenvalue weighted by Gasteiger charge is -2.36. The van der Waals surface area contributed by atoms with Crippen molar-refractivity contribution in [1.29, 1.82) is 0 Å². The molecule has 2 saturated heterocycles. The van der Waals surface area contributed by atoms with Crippen molar-refractivity contribution in [3.63, 3.8) is 0 Å². The van der Waals surface area contributed by atoms with E-state index in [2.05, 4.69) is 15.8 Å². The first-order valence-electron chi connectivity index (χ1n) is 10.1. The van der Waals surface area contributed by atoms with Gasteiger partial charge in [-0.05, 0) is 31.5 Å². The van der Waals surface area contributed by atoms with Crippen LogP contribution in [0.25, 0.3) is 0 Å². The molecule has 0 radical (unpaired) electrons. The smallest absolute Gasteiger partial charge is 0.236 e. The van der Waals surface area contributed by atoms with E-state index in [4.69, 9.17) is 0 Å². The van der Waals surface area contributed by atoms with Crippen LogP contribution in [-0.2, 0) is 9.59 Å². The molecule has 1 aromatic carbocycles. The Hall–Kier alpha value is -2.03. The van der Waals surface area contributed by atoms with Gasteiger partial charge in [0.15, 0.2) is 0 Å². The van der Waals surface area contributed by atoms with Gasteiger partial charge in [-0.25, -0.2) is 9.82 Å². The van der Waals surface area contributed by atoms with Crippen LogP contribution >= 0.6 is 0 Å². The van der Waals surface area contributed by atoms with Crippen LogP contribution < -0.4 is 10.9 Å². The van der Waals surface area contributed by atoms with Gasteiger partial charge >= 0.3 is 0 Å². The third-order valence-electron chi connectivity index (χ3n) is 5.69. The van der Waals surface area contributed by atoms with E-state index >= 15 is 0 Å². The summed E-state index contributed by atoms with van der Waals surface area (Å²) >= 11 is 0. The maximum Gasteiger partial charge on any atom is 0.236 e. The van der Waals surface area contributed by atoms with Crippen LogP contribution in [0, 0.1) is 11.7 Å². The Bertz CT molecular complexity index is 672. The first-order valence-corrected chi connectivity index (χ1v) is 10.1. The molecule has 2 unspecified atom stereocenters. The molecular weight excluding hydrogens is 361 g/mol. The monoisotopic (exact) mass is 391 g/mol. The molecule has 0 bridgehead atoms. The van der Waals surface area contributed by atoms with Gasteiger partial charge in [0.25, 0.3) is 0 Å². The van der Waals surface area contributed by atoms with Crippen LogP contribution in [0.1, 0.15) is 25.5 Å². The van der Waals surface area contributed by atoms with Crippen molar-refractivity contribution in [3.05, 3.63) is 35.6 Å². The van der Waals surface area contributed by atoms with Gasteiger partial charge in [0.2, 0.25) is 11.8 Å². The molecule has 3 rings (SSSR count). The summed E-state index contributed by atoms with van der Waals surface area (Å²) in [6.45, 7) is 9.02. The number of halogens is 1. The third kappa shape index (κ3) is 4.68. The standard InChI is InChI=1S/C20H30FN5O2/c1-3-25(4-2)18(27)14-24-9-11-26(12-10-24)20(28)17-13-22-23-19(17)15-5-7-16(21)8-6-15/h5-8,17,19,22-23H,3-4,9-14H2,1-2H3. The van der Waals surface area contributed by atoms with E-state index in [1.54, 1.807) is 12.1 Å². The highest BCUT2D eigenvalue weighted by molar-refractivity contribution is 5.81. The van der Waals surface area contributed by atoms with Gasteiger partial charge in [0.1, 0.15) is 5.82 Å². The zero-order chi connectivity index (χ0) is 20.1. The summed E-state index contributed by atoms with van der Waals surface area (Å²) in [4.78, 5) is 31.2. The Morgan fingerprint density at radius 3 is 2.36 bits per heavy atom. The Morgan fingerprint density at radius 2 is 1.75 bits per heavy atom. The molecule has 2 amide bonds. The SMILES string of the molecule is CCN(CC)C(=O)CN1CCN(C(=O)C2CNNC2c2ccc(F)cc2)CC1. The number of amides is 2. The van der Waals surface area contributed by atoms with Crippen LogP contribution in [0.2, 0.25) is 0 Å². The van der Waals surface area contributed by atoms with Crippen molar-refractivity contribution in [2.24, 2.45) is 5.92 Å². The first-order chi connectivity index (χ1) is 13.5. The quantitative estimate of drug-likeness (QED) is 0.744. The van der Waals surface area contributed by atoms with Gasteiger partial charge in [-0.2, -0.15) is 0 Å². The van der Waals surface area contributed by atoms with E-state index in [1.807, 2.05) is 23.6 Å². The number of hydrogen-bond acceptors (Lipinski definition) is 5. The van der Waals surface area contributed by atoms with Gasteiger partial charge < -0.3 is 9.80 Å². The summed E-state index contributed by atoms with van der Waals surface area (Å²) in [5.74, 6) is -0.269. The molecule has 2 aliphatic rings. The summed E-state index contributed by atoms with van der Waals surface area (Å²) < 4.78 is 13.2. The van der Waals surface area contributed by atoms with Crippen LogP contribution in [0.5, 0.6) is 0 Å². The lowest BCUT2D eigenvalue weighted by molar-refractivity contribution is -0.138. The molecular formula is C20H30FN5O2. The minimum absolute atomic E-state index is 0.0987. The number of nitrogens with zero attached hydrogens (tertiary/aromatic N) is 3. The number of hydrogen-bond donors (Lipinski definition) is 2. The lowest BCUT2D eigenvalue weighted by Crippen LogP contribution is -2.53. The number of hydrazine groups is 1. The highest BCUT2D eigenvalue weighted by atomic mass is 19.1. The molecule has 2 aliphatic heterocycles. The number of piperazine rings is 1.